The first-order chi connectivity index (χ1) is 8.46. The molecule has 1 atom stereocenters. The van der Waals surface area contributed by atoms with Crippen LogP contribution in [-0.4, -0.2) is 60.1 Å². The fourth-order valence-corrected chi connectivity index (χ4v) is 1.53. The predicted octanol–water partition coefficient (Wildman–Crippen LogP) is 0.680. The molecule has 2 N–H and O–H groups in total. The van der Waals surface area contributed by atoms with Crippen molar-refractivity contribution < 1.29 is 32.9 Å². The number of carbonyl (C=O) groups excluding carboxylic acids is 1. The van der Waals surface area contributed by atoms with Gasteiger partial charge in [-0.3, -0.25) is 4.52 Å². The van der Waals surface area contributed by atoms with Gasteiger partial charge in [-0.05, 0) is 13.8 Å². The zero-order chi connectivity index (χ0) is 15.3. The van der Waals surface area contributed by atoms with E-state index in [0.29, 0.717) is 16.6 Å². The number of carbonyl (C=O) groups is 1. The Labute approximate surface area is 113 Å². The summed E-state index contributed by atoms with van der Waals surface area (Å²) in [6.07, 6.45) is 0. The van der Waals surface area contributed by atoms with Crippen molar-refractivity contribution in [1.82, 2.24) is 0 Å². The summed E-state index contributed by atoms with van der Waals surface area (Å²) in [5.74, 6) is -0.445. The van der Waals surface area contributed by atoms with Gasteiger partial charge in [0, 0.05) is 5.57 Å². The zero-order valence-electron chi connectivity index (χ0n) is 11.8. The van der Waals surface area contributed by atoms with Crippen LogP contribution < -0.4 is 0 Å². The van der Waals surface area contributed by atoms with Gasteiger partial charge in [0.2, 0.25) is 0 Å². The van der Waals surface area contributed by atoms with E-state index in [9.17, 15) is 9.36 Å². The van der Waals surface area contributed by atoms with Gasteiger partial charge in [-0.15, -0.1) is 0 Å². The number of rotatable bonds is 8. The van der Waals surface area contributed by atoms with Crippen molar-refractivity contribution in [2.24, 2.45) is 0 Å². The minimum absolute atomic E-state index is 0.0777. The van der Waals surface area contributed by atoms with Gasteiger partial charge in [0.1, 0.15) is 25.8 Å². The molecule has 0 saturated heterocycles. The molecule has 0 fully saturated rings. The lowest BCUT2D eigenvalue weighted by molar-refractivity contribution is -0.913. The van der Waals surface area contributed by atoms with Crippen LogP contribution in [0.5, 0.6) is 0 Å². The number of phosphoric ester groups is 1. The molecule has 1 unspecified atom stereocenters. The summed E-state index contributed by atoms with van der Waals surface area (Å²) in [5.41, 5.74) is 0.336. The molecule has 8 heteroatoms. The highest BCUT2D eigenvalue weighted by Gasteiger charge is 2.27. The van der Waals surface area contributed by atoms with Crippen molar-refractivity contribution >= 4 is 13.8 Å². The molecule has 0 saturated carbocycles. The molecule has 0 aromatic heterocycles. The quantitative estimate of drug-likeness (QED) is 0.296. The Hall–Kier alpha value is -0.720. The van der Waals surface area contributed by atoms with Crippen molar-refractivity contribution in [3.8, 4) is 0 Å². The van der Waals surface area contributed by atoms with E-state index in [1.807, 2.05) is 14.1 Å². The monoisotopic (exact) mass is 296 g/mol. The standard InChI is InChI=1S/C11H22NO6P/c1-9(2)11(13)17-7-6-12(4,5)10(3)8-18-19(14,15)16/h10H,1,6-8H2,2-5H3,(H-,14,15,16)/p+1. The van der Waals surface area contributed by atoms with Gasteiger partial charge < -0.3 is 19.0 Å². The molecule has 0 aromatic carbocycles. The van der Waals surface area contributed by atoms with Crippen LogP contribution in [0.4, 0.5) is 0 Å². The average molecular weight is 296 g/mol. The molecule has 0 amide bonds. The van der Waals surface area contributed by atoms with E-state index < -0.39 is 13.8 Å². The SMILES string of the molecule is C=C(C)C(=O)OCC[N+](C)(C)C(C)COP(=O)(O)O. The van der Waals surface area contributed by atoms with Crippen molar-refractivity contribution in [3.63, 3.8) is 0 Å². The third-order valence-electron chi connectivity index (χ3n) is 2.93. The van der Waals surface area contributed by atoms with Crippen LogP contribution in [0.2, 0.25) is 0 Å². The van der Waals surface area contributed by atoms with Crippen LogP contribution >= 0.6 is 7.82 Å². The second-order valence-corrected chi connectivity index (χ2v) is 6.29. The minimum Gasteiger partial charge on any atom is -0.456 e. The van der Waals surface area contributed by atoms with Crippen LogP contribution in [-0.2, 0) is 18.6 Å². The highest BCUT2D eigenvalue weighted by atomic mass is 31.2. The first-order valence-corrected chi connectivity index (χ1v) is 7.34. The van der Waals surface area contributed by atoms with Gasteiger partial charge in [-0.2, -0.15) is 0 Å². The Bertz CT molecular complexity index is 375. The van der Waals surface area contributed by atoms with Crippen LogP contribution in [0.25, 0.3) is 0 Å². The Balaban J connectivity index is 4.19. The molecular weight excluding hydrogens is 273 g/mol. The van der Waals surface area contributed by atoms with Crippen LogP contribution in [0.15, 0.2) is 12.2 Å². The van der Waals surface area contributed by atoms with E-state index in [1.54, 1.807) is 13.8 Å². The van der Waals surface area contributed by atoms with Crippen molar-refractivity contribution in [2.45, 2.75) is 19.9 Å². The number of ether oxygens (including phenoxy) is 1. The second-order valence-electron chi connectivity index (χ2n) is 5.05. The normalized spacial score (nSPS) is 14.0. The maximum atomic E-state index is 11.2. The molecule has 0 aliphatic rings. The summed E-state index contributed by atoms with van der Waals surface area (Å²) in [7, 11) is -0.724. The largest absolute Gasteiger partial charge is 0.469 e. The lowest BCUT2D eigenvalue weighted by Gasteiger charge is -2.35. The number of phosphoric acid groups is 1. The smallest absolute Gasteiger partial charge is 0.456 e. The van der Waals surface area contributed by atoms with Crippen LogP contribution in [0.1, 0.15) is 13.8 Å². The molecule has 7 nitrogen and oxygen atoms in total. The lowest BCUT2D eigenvalue weighted by atomic mass is 10.2. The van der Waals surface area contributed by atoms with Gasteiger partial charge in [0.25, 0.3) is 0 Å². The van der Waals surface area contributed by atoms with Gasteiger partial charge in [-0.1, -0.05) is 6.58 Å². The first kappa shape index (κ1) is 18.3. The van der Waals surface area contributed by atoms with Crippen LogP contribution in [0, 0.1) is 0 Å². The first-order valence-electron chi connectivity index (χ1n) is 5.81. The number of esters is 1. The Kier molecular flexibility index (Phi) is 6.89. The third-order valence-corrected chi connectivity index (χ3v) is 3.41. The number of nitrogens with zero attached hydrogens (tertiary/aromatic N) is 1. The number of hydrogen-bond acceptors (Lipinski definition) is 4. The summed E-state index contributed by atoms with van der Waals surface area (Å²) < 4.78 is 20.5. The Morgan fingerprint density at radius 1 is 1.42 bits per heavy atom. The molecule has 0 aliphatic heterocycles. The number of likely N-dealkylation sites (N-methyl/N-ethyl adjacent to an activating group) is 1. The van der Waals surface area contributed by atoms with Crippen molar-refractivity contribution in [3.05, 3.63) is 12.2 Å². The summed E-state index contributed by atoms with van der Waals surface area (Å²) in [6.45, 7) is 7.48. The molecule has 0 heterocycles. The fourth-order valence-electron chi connectivity index (χ4n) is 1.12. The summed E-state index contributed by atoms with van der Waals surface area (Å²) >= 11 is 0. The third kappa shape index (κ3) is 8.13. The summed E-state index contributed by atoms with van der Waals surface area (Å²) in [4.78, 5) is 28.5. The highest BCUT2D eigenvalue weighted by Crippen LogP contribution is 2.36. The maximum Gasteiger partial charge on any atom is 0.469 e. The van der Waals surface area contributed by atoms with Gasteiger partial charge in [0.05, 0.1) is 14.1 Å². The molecular formula is C11H23NO6P+. The molecule has 0 radical (unpaired) electrons. The van der Waals surface area contributed by atoms with E-state index in [-0.39, 0.29) is 19.3 Å². The van der Waals surface area contributed by atoms with Crippen molar-refractivity contribution in [2.75, 3.05) is 33.9 Å². The molecule has 0 bridgehead atoms. The topological polar surface area (TPSA) is 93.1 Å². The van der Waals surface area contributed by atoms with Gasteiger partial charge in [-0.25, -0.2) is 9.36 Å². The number of hydrogen-bond donors (Lipinski definition) is 2. The summed E-state index contributed by atoms with van der Waals surface area (Å²) in [5, 5.41) is 0. The second kappa shape index (κ2) is 7.17. The van der Waals surface area contributed by atoms with Crippen molar-refractivity contribution in [1.29, 1.82) is 0 Å². The van der Waals surface area contributed by atoms with Gasteiger partial charge in [0.15, 0.2) is 0 Å². The maximum absolute atomic E-state index is 11.2. The zero-order valence-corrected chi connectivity index (χ0v) is 12.7. The van der Waals surface area contributed by atoms with E-state index in [1.165, 1.54) is 0 Å². The minimum atomic E-state index is -4.45. The van der Waals surface area contributed by atoms with E-state index in [4.69, 9.17) is 14.5 Å². The van der Waals surface area contributed by atoms with E-state index in [0.717, 1.165) is 0 Å². The summed E-state index contributed by atoms with van der Waals surface area (Å²) in [6, 6.07) is -0.156. The Morgan fingerprint density at radius 3 is 2.37 bits per heavy atom. The van der Waals surface area contributed by atoms with E-state index in [2.05, 4.69) is 11.1 Å². The van der Waals surface area contributed by atoms with Crippen LogP contribution in [0.3, 0.4) is 0 Å². The average Bonchev–Trinajstić information content (AvgIpc) is 2.24. The predicted molar refractivity (Wildman–Crippen MR) is 70.2 cm³/mol. The lowest BCUT2D eigenvalue weighted by Crippen LogP contribution is -2.51. The molecule has 19 heavy (non-hydrogen) atoms. The number of quaternary nitrogens is 1. The van der Waals surface area contributed by atoms with Gasteiger partial charge >= 0.3 is 13.8 Å². The molecule has 0 aliphatic carbocycles. The molecule has 0 aromatic rings. The Morgan fingerprint density at radius 2 is 1.95 bits per heavy atom. The molecule has 0 spiro atoms. The van der Waals surface area contributed by atoms with E-state index >= 15 is 0 Å². The highest BCUT2D eigenvalue weighted by molar-refractivity contribution is 7.46. The molecule has 112 valence electrons. The molecule has 0 rings (SSSR count). The fraction of sp³-hybridized carbons (Fsp3) is 0.727.